The normalized spacial score (nSPS) is 13.6. The summed E-state index contributed by atoms with van der Waals surface area (Å²) < 4.78 is 5.31. The molecule has 0 amide bonds. The molecule has 0 radical (unpaired) electrons. The quantitative estimate of drug-likeness (QED) is 0.716. The van der Waals surface area contributed by atoms with E-state index in [9.17, 15) is 0 Å². The number of nitriles is 1. The van der Waals surface area contributed by atoms with Crippen LogP contribution < -0.4 is 0 Å². The summed E-state index contributed by atoms with van der Waals surface area (Å²) in [6.45, 7) is 4.17. The van der Waals surface area contributed by atoms with Crippen molar-refractivity contribution in [3.63, 3.8) is 0 Å². The molecule has 1 aromatic heterocycles. The third-order valence-electron chi connectivity index (χ3n) is 3.56. The Morgan fingerprint density at radius 3 is 2.76 bits per heavy atom. The molecule has 0 aliphatic carbocycles. The molecule has 1 atom stereocenters. The van der Waals surface area contributed by atoms with Crippen molar-refractivity contribution in [2.75, 3.05) is 0 Å². The van der Waals surface area contributed by atoms with E-state index in [1.807, 2.05) is 18.2 Å². The van der Waals surface area contributed by atoms with Gasteiger partial charge in [0.25, 0.3) is 0 Å². The maximum absolute atomic E-state index is 8.91. The van der Waals surface area contributed by atoms with Crippen LogP contribution in [-0.2, 0) is 12.2 Å². The van der Waals surface area contributed by atoms with Crippen LogP contribution >= 0.6 is 11.8 Å². The molecule has 21 heavy (non-hydrogen) atoms. The zero-order valence-electron chi connectivity index (χ0n) is 12.4. The fourth-order valence-electron chi connectivity index (χ4n) is 1.95. The summed E-state index contributed by atoms with van der Waals surface area (Å²) in [5, 5.41) is 12.9. The predicted molar refractivity (Wildman–Crippen MR) is 82.6 cm³/mol. The van der Waals surface area contributed by atoms with Gasteiger partial charge in [-0.1, -0.05) is 37.2 Å². The topological polar surface area (TPSA) is 62.7 Å². The minimum absolute atomic E-state index is 0.0921. The fourth-order valence-corrected chi connectivity index (χ4v) is 2.72. The number of nitrogens with zero attached hydrogens (tertiary/aromatic N) is 3. The second-order valence-electron chi connectivity index (χ2n) is 5.38. The Morgan fingerprint density at radius 1 is 1.33 bits per heavy atom. The number of thioether (sulfide) groups is 1. The van der Waals surface area contributed by atoms with Gasteiger partial charge in [-0.05, 0) is 24.0 Å². The molecule has 0 spiro atoms. The summed E-state index contributed by atoms with van der Waals surface area (Å²) in [7, 11) is 0. The first-order valence-electron chi connectivity index (χ1n) is 7.01. The Balaban J connectivity index is 1.94. The third-order valence-corrected chi connectivity index (χ3v) is 4.57. The van der Waals surface area contributed by atoms with E-state index in [4.69, 9.17) is 9.78 Å². The van der Waals surface area contributed by atoms with Gasteiger partial charge >= 0.3 is 0 Å². The summed E-state index contributed by atoms with van der Waals surface area (Å²) in [6.07, 6.45) is 2.07. The van der Waals surface area contributed by atoms with Crippen LogP contribution in [0, 0.1) is 16.7 Å². The second-order valence-corrected chi connectivity index (χ2v) is 6.43. The second kappa shape index (κ2) is 7.28. The lowest BCUT2D eigenvalue weighted by molar-refractivity contribution is 0.265. The number of hydrogen-bond acceptors (Lipinski definition) is 5. The van der Waals surface area contributed by atoms with Gasteiger partial charge in [0.05, 0.1) is 11.8 Å². The van der Waals surface area contributed by atoms with Gasteiger partial charge in [0.15, 0.2) is 5.82 Å². The van der Waals surface area contributed by atoms with E-state index < -0.39 is 0 Å². The molecule has 0 saturated heterocycles. The average molecular weight is 301 g/mol. The van der Waals surface area contributed by atoms with Gasteiger partial charge in [-0.15, -0.1) is 11.8 Å². The van der Waals surface area contributed by atoms with Crippen LogP contribution in [0.1, 0.15) is 38.4 Å². The van der Waals surface area contributed by atoms with Crippen molar-refractivity contribution in [2.24, 2.45) is 5.41 Å². The van der Waals surface area contributed by atoms with Gasteiger partial charge in [-0.3, -0.25) is 0 Å². The van der Waals surface area contributed by atoms with Crippen LogP contribution in [0.4, 0.5) is 0 Å². The maximum atomic E-state index is 8.91. The van der Waals surface area contributed by atoms with Crippen LogP contribution in [0.15, 0.2) is 39.8 Å². The van der Waals surface area contributed by atoms with Crippen molar-refractivity contribution < 1.29 is 4.52 Å². The highest BCUT2D eigenvalue weighted by molar-refractivity contribution is 7.98. The zero-order chi connectivity index (χ0) is 15.1. The molecule has 0 N–H and O–H groups in total. The largest absolute Gasteiger partial charge is 0.339 e. The van der Waals surface area contributed by atoms with E-state index in [1.54, 1.807) is 11.8 Å². The maximum Gasteiger partial charge on any atom is 0.227 e. The van der Waals surface area contributed by atoms with E-state index in [0.29, 0.717) is 30.3 Å². The van der Waals surface area contributed by atoms with Crippen LogP contribution in [0.3, 0.4) is 0 Å². The molecule has 0 aliphatic rings. The molecule has 0 bridgehead atoms. The fraction of sp³-hybridized carbons (Fsp3) is 0.438. The Kier molecular flexibility index (Phi) is 5.40. The molecule has 2 rings (SSSR count). The minimum Gasteiger partial charge on any atom is -0.339 e. The highest BCUT2D eigenvalue weighted by Gasteiger charge is 2.25. The number of hydrogen-bond donors (Lipinski definition) is 0. The van der Waals surface area contributed by atoms with Gasteiger partial charge < -0.3 is 4.52 Å². The highest BCUT2D eigenvalue weighted by atomic mass is 32.2. The van der Waals surface area contributed by atoms with Crippen molar-refractivity contribution in [3.05, 3.63) is 42.0 Å². The molecule has 1 unspecified atom stereocenters. The molecule has 0 fully saturated rings. The van der Waals surface area contributed by atoms with E-state index in [2.05, 4.69) is 42.2 Å². The smallest absolute Gasteiger partial charge is 0.227 e. The standard InChI is InChI=1S/C16H19N3OS/c1-3-16(2,9-10-17)11-15-18-14(19-20-15)12-21-13-7-5-4-6-8-13/h4-8H,3,9,11-12H2,1-2H3. The average Bonchev–Trinajstić information content (AvgIpc) is 2.94. The molecule has 0 saturated carbocycles. The lowest BCUT2D eigenvalue weighted by Gasteiger charge is -2.22. The Morgan fingerprint density at radius 2 is 2.10 bits per heavy atom. The van der Waals surface area contributed by atoms with Crippen molar-refractivity contribution >= 4 is 11.8 Å². The molecule has 2 aromatic rings. The van der Waals surface area contributed by atoms with E-state index in [-0.39, 0.29) is 5.41 Å². The van der Waals surface area contributed by atoms with Crippen molar-refractivity contribution in [2.45, 2.75) is 43.8 Å². The lowest BCUT2D eigenvalue weighted by Crippen LogP contribution is -2.18. The van der Waals surface area contributed by atoms with Crippen LogP contribution in [-0.4, -0.2) is 10.1 Å². The first-order valence-corrected chi connectivity index (χ1v) is 8.00. The molecule has 1 aromatic carbocycles. The van der Waals surface area contributed by atoms with Gasteiger partial charge in [-0.25, -0.2) is 0 Å². The number of benzene rings is 1. The van der Waals surface area contributed by atoms with E-state index in [0.717, 1.165) is 6.42 Å². The Labute approximate surface area is 129 Å². The SMILES string of the molecule is CCC(C)(CC#N)Cc1nc(CSc2ccccc2)no1. The molecular weight excluding hydrogens is 282 g/mol. The van der Waals surface area contributed by atoms with Gasteiger partial charge in [0.1, 0.15) is 0 Å². The van der Waals surface area contributed by atoms with Crippen LogP contribution in [0.5, 0.6) is 0 Å². The summed E-state index contributed by atoms with van der Waals surface area (Å²) in [5.74, 6) is 2.02. The lowest BCUT2D eigenvalue weighted by atomic mass is 9.81. The summed E-state index contributed by atoms with van der Waals surface area (Å²) in [5.41, 5.74) is -0.0921. The summed E-state index contributed by atoms with van der Waals surface area (Å²) in [4.78, 5) is 5.62. The molecule has 4 nitrogen and oxygen atoms in total. The Hall–Kier alpha value is -1.80. The zero-order valence-corrected chi connectivity index (χ0v) is 13.2. The first-order chi connectivity index (χ1) is 10.1. The van der Waals surface area contributed by atoms with Crippen molar-refractivity contribution in [1.82, 2.24) is 10.1 Å². The third kappa shape index (κ3) is 4.61. The summed E-state index contributed by atoms with van der Waals surface area (Å²) in [6, 6.07) is 12.4. The predicted octanol–water partition coefficient (Wildman–Crippen LogP) is 4.23. The Bertz CT molecular complexity index is 605. The van der Waals surface area contributed by atoms with E-state index in [1.165, 1.54) is 4.90 Å². The first kappa shape index (κ1) is 15.6. The van der Waals surface area contributed by atoms with Gasteiger partial charge in [0.2, 0.25) is 5.89 Å². The van der Waals surface area contributed by atoms with Gasteiger partial charge in [0, 0.05) is 17.7 Å². The van der Waals surface area contributed by atoms with Gasteiger partial charge in [-0.2, -0.15) is 10.2 Å². The number of rotatable bonds is 7. The highest BCUT2D eigenvalue weighted by Crippen LogP contribution is 2.29. The monoisotopic (exact) mass is 301 g/mol. The molecule has 0 aliphatic heterocycles. The minimum atomic E-state index is -0.0921. The molecule has 1 heterocycles. The summed E-state index contributed by atoms with van der Waals surface area (Å²) >= 11 is 1.68. The molecule has 5 heteroatoms. The van der Waals surface area contributed by atoms with Crippen LogP contribution in [0.25, 0.3) is 0 Å². The molecule has 110 valence electrons. The van der Waals surface area contributed by atoms with E-state index >= 15 is 0 Å². The molecular formula is C16H19N3OS. The van der Waals surface area contributed by atoms with Crippen molar-refractivity contribution in [1.29, 1.82) is 5.26 Å². The van der Waals surface area contributed by atoms with Crippen molar-refractivity contribution in [3.8, 4) is 6.07 Å². The van der Waals surface area contributed by atoms with Crippen LogP contribution in [0.2, 0.25) is 0 Å². The number of aromatic nitrogens is 2.